The maximum Gasteiger partial charge on any atom is 0.306 e. The number of nitrogens with zero attached hydrogens (tertiary/aromatic N) is 1. The molecule has 9 nitrogen and oxygen atoms in total. The maximum absolute atomic E-state index is 12.6. The zero-order chi connectivity index (χ0) is 38.6. The van der Waals surface area contributed by atoms with E-state index in [1.807, 2.05) is 33.3 Å². The van der Waals surface area contributed by atoms with Crippen molar-refractivity contribution in [3.8, 4) is 0 Å². The number of phosphoric acid groups is 1. The summed E-state index contributed by atoms with van der Waals surface area (Å²) in [5.41, 5.74) is 0. The fourth-order valence-corrected chi connectivity index (χ4v) is 5.17. The van der Waals surface area contributed by atoms with Gasteiger partial charge >= 0.3 is 11.9 Å². The van der Waals surface area contributed by atoms with Crippen LogP contribution < -0.4 is 4.89 Å². The lowest BCUT2D eigenvalue weighted by Gasteiger charge is -2.28. The molecule has 0 aliphatic rings. The highest BCUT2D eigenvalue weighted by Crippen LogP contribution is 2.38. The molecule has 0 rings (SSSR count). The van der Waals surface area contributed by atoms with Gasteiger partial charge < -0.3 is 27.9 Å². The van der Waals surface area contributed by atoms with Crippen molar-refractivity contribution in [2.24, 2.45) is 0 Å². The summed E-state index contributed by atoms with van der Waals surface area (Å²) in [4.78, 5) is 37.3. The van der Waals surface area contributed by atoms with Crippen LogP contribution in [-0.4, -0.2) is 70.0 Å². The Morgan fingerprint density at radius 3 is 1.62 bits per heavy atom. The first-order valence-corrected chi connectivity index (χ1v) is 20.8. The molecule has 0 aliphatic carbocycles. The van der Waals surface area contributed by atoms with E-state index in [9.17, 15) is 19.0 Å². The van der Waals surface area contributed by atoms with Gasteiger partial charge in [-0.1, -0.05) is 118 Å². The van der Waals surface area contributed by atoms with Crippen LogP contribution in [0.1, 0.15) is 117 Å². The van der Waals surface area contributed by atoms with E-state index in [0.29, 0.717) is 23.9 Å². The summed E-state index contributed by atoms with van der Waals surface area (Å²) < 4.78 is 33.6. The number of carbonyl (C=O) groups excluding carboxylic acids is 2. The van der Waals surface area contributed by atoms with Gasteiger partial charge in [-0.05, 0) is 70.6 Å². The van der Waals surface area contributed by atoms with E-state index >= 15 is 0 Å². The molecule has 0 aromatic carbocycles. The summed E-state index contributed by atoms with van der Waals surface area (Å²) in [7, 11) is 1.09. The number of quaternary nitrogens is 1. The van der Waals surface area contributed by atoms with Gasteiger partial charge in [0.2, 0.25) is 0 Å². The van der Waals surface area contributed by atoms with E-state index < -0.39 is 32.5 Å². The largest absolute Gasteiger partial charge is 0.756 e. The van der Waals surface area contributed by atoms with Crippen molar-refractivity contribution < 1.29 is 42.1 Å². The Morgan fingerprint density at radius 1 is 0.596 bits per heavy atom. The third kappa shape index (κ3) is 37.0. The minimum Gasteiger partial charge on any atom is -0.756 e. The van der Waals surface area contributed by atoms with E-state index in [1.54, 1.807) is 0 Å². The first kappa shape index (κ1) is 49.2. The average Bonchev–Trinajstić information content (AvgIpc) is 3.09. The van der Waals surface area contributed by atoms with Gasteiger partial charge in [-0.2, -0.15) is 0 Å². The SMILES string of the molecule is CC/C=C\C/C=C\C/C=C\C/C=C\CCC(=O)OC(COC(=O)CCCCCCC/C=C\C/C=C\C/C=C\CC)COP(=O)([O-])OCC[N+](C)(C)C. The van der Waals surface area contributed by atoms with E-state index in [2.05, 4.69) is 86.8 Å². The molecule has 52 heavy (non-hydrogen) atoms. The number of rotatable bonds is 33. The van der Waals surface area contributed by atoms with Crippen molar-refractivity contribution in [3.05, 3.63) is 85.1 Å². The Hall–Kier alpha value is -2.81. The van der Waals surface area contributed by atoms with Crippen molar-refractivity contribution >= 4 is 19.8 Å². The molecule has 0 aromatic heterocycles. The third-order valence-corrected chi connectivity index (χ3v) is 8.39. The third-order valence-electron chi connectivity index (χ3n) is 7.42. The zero-order valence-electron chi connectivity index (χ0n) is 33.0. The van der Waals surface area contributed by atoms with Gasteiger partial charge in [0.05, 0.1) is 27.7 Å². The van der Waals surface area contributed by atoms with Crippen LogP contribution in [0, 0.1) is 0 Å². The van der Waals surface area contributed by atoms with Crippen molar-refractivity contribution in [1.29, 1.82) is 0 Å². The monoisotopic (exact) mass is 747 g/mol. The number of phosphoric ester groups is 1. The first-order valence-electron chi connectivity index (χ1n) is 19.3. The van der Waals surface area contributed by atoms with Crippen LogP contribution in [0.3, 0.4) is 0 Å². The minimum atomic E-state index is -4.65. The van der Waals surface area contributed by atoms with E-state index in [-0.39, 0.29) is 26.1 Å². The Kier molecular flexibility index (Phi) is 32.2. The minimum absolute atomic E-state index is 0.0513. The van der Waals surface area contributed by atoms with Crippen molar-refractivity contribution in [2.45, 2.75) is 123 Å². The number of likely N-dealkylation sites (N-methyl/N-ethyl adjacent to an activating group) is 1. The number of hydrogen-bond donors (Lipinski definition) is 0. The summed E-state index contributed by atoms with van der Waals surface area (Å²) in [5.74, 6) is -0.962. The topological polar surface area (TPSA) is 111 Å². The van der Waals surface area contributed by atoms with Crippen molar-refractivity contribution in [3.63, 3.8) is 0 Å². The van der Waals surface area contributed by atoms with Crippen molar-refractivity contribution in [1.82, 2.24) is 0 Å². The summed E-state index contributed by atoms with van der Waals surface area (Å²) in [6, 6.07) is 0. The van der Waals surface area contributed by atoms with Gasteiger partial charge in [0, 0.05) is 12.8 Å². The van der Waals surface area contributed by atoms with Gasteiger partial charge in [-0.25, -0.2) is 0 Å². The number of carbonyl (C=O) groups is 2. The Bertz CT molecular complexity index is 1160. The number of ether oxygens (including phenoxy) is 2. The number of allylic oxidation sites excluding steroid dienone is 14. The lowest BCUT2D eigenvalue weighted by atomic mass is 10.1. The first-order chi connectivity index (χ1) is 25.0. The second kappa shape index (κ2) is 34.0. The predicted molar refractivity (Wildman–Crippen MR) is 212 cm³/mol. The molecule has 10 heteroatoms. The molecule has 296 valence electrons. The molecule has 0 aromatic rings. The van der Waals surface area contributed by atoms with Crippen LogP contribution in [0.15, 0.2) is 85.1 Å². The van der Waals surface area contributed by atoms with E-state index in [1.165, 1.54) is 0 Å². The molecule has 0 bridgehead atoms. The zero-order valence-corrected chi connectivity index (χ0v) is 33.9. The molecule has 0 heterocycles. The van der Waals surface area contributed by atoms with Crippen LogP contribution >= 0.6 is 7.82 Å². The normalized spacial score (nSPS) is 14.7. The molecule has 0 N–H and O–H groups in total. The molecular weight excluding hydrogens is 677 g/mol. The number of unbranched alkanes of at least 4 members (excludes halogenated alkanes) is 5. The standard InChI is InChI=1S/C42H70NO8P/c1-6-8-10-12-14-16-18-20-21-23-24-26-28-30-32-34-41(44)48-38-40(39-50-52(46,47)49-37-36-43(3,4)5)51-42(45)35-33-31-29-27-25-22-19-17-15-13-11-9-7-2/h8-11,14-17,20-22,25,29,31,40H,6-7,12-13,18-19,23-24,26-28,30,32-39H2,1-5H3/b10-8-,11-9-,16-14-,17-15-,21-20-,25-22-,31-29-. The van der Waals surface area contributed by atoms with Crippen LogP contribution in [-0.2, 0) is 32.7 Å². The quantitative estimate of drug-likeness (QED) is 0.0215. The van der Waals surface area contributed by atoms with Gasteiger partial charge in [-0.3, -0.25) is 14.2 Å². The Labute approximate surface area is 316 Å². The van der Waals surface area contributed by atoms with Crippen LogP contribution in [0.5, 0.6) is 0 Å². The van der Waals surface area contributed by atoms with Gasteiger partial charge in [0.1, 0.15) is 19.8 Å². The molecule has 0 amide bonds. The summed E-state index contributed by atoms with van der Waals surface area (Å²) in [6.45, 7) is 3.85. The van der Waals surface area contributed by atoms with Gasteiger partial charge in [0.15, 0.2) is 6.10 Å². The second-order valence-electron chi connectivity index (χ2n) is 13.5. The Balaban J connectivity index is 4.58. The van der Waals surface area contributed by atoms with Crippen molar-refractivity contribution in [2.75, 3.05) is 47.5 Å². The lowest BCUT2D eigenvalue weighted by molar-refractivity contribution is -0.870. The molecule has 2 unspecified atom stereocenters. The molecular formula is C42H70NO8P. The van der Waals surface area contributed by atoms with Gasteiger partial charge in [-0.15, -0.1) is 0 Å². The molecule has 0 saturated heterocycles. The average molecular weight is 748 g/mol. The molecule has 0 spiro atoms. The molecule has 0 saturated carbocycles. The summed E-state index contributed by atoms with van der Waals surface area (Å²) in [5, 5.41) is 0. The predicted octanol–water partition coefficient (Wildman–Crippen LogP) is 9.82. The molecule has 0 radical (unpaired) electrons. The summed E-state index contributed by atoms with van der Waals surface area (Å²) >= 11 is 0. The Morgan fingerprint density at radius 2 is 1.08 bits per heavy atom. The van der Waals surface area contributed by atoms with E-state index in [4.69, 9.17) is 18.5 Å². The highest BCUT2D eigenvalue weighted by Gasteiger charge is 2.21. The molecule has 2 atom stereocenters. The molecule has 0 fully saturated rings. The van der Waals surface area contributed by atoms with Crippen LogP contribution in [0.25, 0.3) is 0 Å². The lowest BCUT2D eigenvalue weighted by Crippen LogP contribution is -2.37. The van der Waals surface area contributed by atoms with E-state index in [0.717, 1.165) is 77.0 Å². The highest BCUT2D eigenvalue weighted by molar-refractivity contribution is 7.45. The fraction of sp³-hybridized carbons (Fsp3) is 0.619. The number of esters is 2. The van der Waals surface area contributed by atoms with Gasteiger partial charge in [0.25, 0.3) is 7.82 Å². The second-order valence-corrected chi connectivity index (χ2v) is 14.9. The smallest absolute Gasteiger partial charge is 0.306 e. The van der Waals surface area contributed by atoms with Crippen LogP contribution in [0.2, 0.25) is 0 Å². The summed E-state index contributed by atoms with van der Waals surface area (Å²) in [6.07, 6.45) is 42.0. The highest BCUT2D eigenvalue weighted by atomic mass is 31.2. The number of hydrogen-bond acceptors (Lipinski definition) is 8. The maximum atomic E-state index is 12.6. The van der Waals surface area contributed by atoms with Crippen LogP contribution in [0.4, 0.5) is 0 Å². The fourth-order valence-electron chi connectivity index (χ4n) is 4.44. The molecule has 0 aliphatic heterocycles.